The first kappa shape index (κ1) is 15.8. The Bertz CT molecular complexity index is 688. The second-order valence-corrected chi connectivity index (χ2v) is 6.01. The molecule has 1 saturated heterocycles. The summed E-state index contributed by atoms with van der Waals surface area (Å²) < 4.78 is 0. The number of hydrogen-bond acceptors (Lipinski definition) is 4. The van der Waals surface area contributed by atoms with Gasteiger partial charge in [0.05, 0.1) is 12.1 Å². The smallest absolute Gasteiger partial charge is 0.448 e. The fourth-order valence-electron chi connectivity index (χ4n) is 3.27. The number of carboxylic acid groups (broad SMARTS) is 1. The normalized spacial score (nSPS) is 20.3. The molecular formula is C18H21NO4. The van der Waals surface area contributed by atoms with Gasteiger partial charge in [-0.15, -0.1) is 5.06 Å². The monoisotopic (exact) mass is 315 g/mol. The molecule has 2 aromatic carbocycles. The quantitative estimate of drug-likeness (QED) is 0.906. The zero-order valence-corrected chi connectivity index (χ0v) is 12.9. The van der Waals surface area contributed by atoms with Crippen molar-refractivity contribution >= 4 is 16.9 Å². The molecule has 2 aromatic rings. The molecule has 2 unspecified atom stereocenters. The van der Waals surface area contributed by atoms with Crippen LogP contribution in [0.25, 0.3) is 10.8 Å². The first-order valence-corrected chi connectivity index (χ1v) is 7.97. The Morgan fingerprint density at radius 2 is 2.00 bits per heavy atom. The van der Waals surface area contributed by atoms with Crippen LogP contribution in [0.4, 0.5) is 4.79 Å². The number of aliphatic hydroxyl groups is 1. The first-order chi connectivity index (χ1) is 11.1. The van der Waals surface area contributed by atoms with Crippen molar-refractivity contribution in [3.05, 3.63) is 48.0 Å². The van der Waals surface area contributed by atoms with E-state index in [1.54, 1.807) is 0 Å². The Hall–Kier alpha value is -2.11. The molecule has 0 amide bonds. The lowest BCUT2D eigenvalue weighted by Gasteiger charge is -2.35. The van der Waals surface area contributed by atoms with Gasteiger partial charge in [-0.3, -0.25) is 0 Å². The Morgan fingerprint density at radius 3 is 2.78 bits per heavy atom. The van der Waals surface area contributed by atoms with E-state index in [0.717, 1.165) is 30.2 Å². The van der Waals surface area contributed by atoms with Crippen LogP contribution in [-0.4, -0.2) is 40.1 Å². The van der Waals surface area contributed by atoms with Crippen LogP contribution in [0.2, 0.25) is 0 Å². The van der Waals surface area contributed by atoms with E-state index in [2.05, 4.69) is 12.1 Å². The Balaban J connectivity index is 1.72. The SMILES string of the molecule is O=C(O)ON1CCCCC1C(O)Cc1ccc2ccccc2c1. The van der Waals surface area contributed by atoms with Gasteiger partial charge in [-0.2, -0.15) is 0 Å². The van der Waals surface area contributed by atoms with Crippen molar-refractivity contribution in [3.63, 3.8) is 0 Å². The highest BCUT2D eigenvalue weighted by Crippen LogP contribution is 2.23. The second kappa shape index (κ2) is 6.98. The van der Waals surface area contributed by atoms with E-state index in [4.69, 9.17) is 9.94 Å². The third kappa shape index (κ3) is 3.81. The van der Waals surface area contributed by atoms with Crippen molar-refractivity contribution in [2.24, 2.45) is 0 Å². The minimum absolute atomic E-state index is 0.286. The number of aliphatic hydroxyl groups excluding tert-OH is 1. The maximum atomic E-state index is 10.8. The maximum absolute atomic E-state index is 10.8. The molecule has 0 saturated carbocycles. The van der Waals surface area contributed by atoms with Gasteiger partial charge in [0.25, 0.3) is 0 Å². The highest BCUT2D eigenvalue weighted by atomic mass is 16.8. The molecule has 2 atom stereocenters. The first-order valence-electron chi connectivity index (χ1n) is 7.97. The molecule has 0 bridgehead atoms. The van der Waals surface area contributed by atoms with Gasteiger partial charge in [0.2, 0.25) is 0 Å². The highest BCUT2D eigenvalue weighted by molar-refractivity contribution is 5.82. The molecule has 122 valence electrons. The predicted molar refractivity (Wildman–Crippen MR) is 87.1 cm³/mol. The van der Waals surface area contributed by atoms with Crippen LogP contribution in [0.15, 0.2) is 42.5 Å². The van der Waals surface area contributed by atoms with E-state index >= 15 is 0 Å². The van der Waals surface area contributed by atoms with E-state index in [9.17, 15) is 9.90 Å². The molecule has 0 spiro atoms. The third-order valence-corrected chi connectivity index (χ3v) is 4.40. The summed E-state index contributed by atoms with van der Waals surface area (Å²) in [6.07, 6.45) is 1.09. The Morgan fingerprint density at radius 1 is 1.22 bits per heavy atom. The van der Waals surface area contributed by atoms with Crippen molar-refractivity contribution in [2.45, 2.75) is 37.8 Å². The molecule has 0 aliphatic carbocycles. The summed E-state index contributed by atoms with van der Waals surface area (Å²) in [6, 6.07) is 13.9. The number of nitrogens with zero attached hydrogens (tertiary/aromatic N) is 1. The van der Waals surface area contributed by atoms with Crippen LogP contribution in [0.5, 0.6) is 0 Å². The van der Waals surface area contributed by atoms with Crippen molar-refractivity contribution in [3.8, 4) is 0 Å². The van der Waals surface area contributed by atoms with Crippen LogP contribution in [0.1, 0.15) is 24.8 Å². The molecule has 5 nitrogen and oxygen atoms in total. The van der Waals surface area contributed by atoms with Crippen molar-refractivity contribution < 1.29 is 19.8 Å². The summed E-state index contributed by atoms with van der Waals surface area (Å²) in [5.41, 5.74) is 1.04. The Kier molecular flexibility index (Phi) is 4.79. The fraction of sp³-hybridized carbons (Fsp3) is 0.389. The summed E-state index contributed by atoms with van der Waals surface area (Å²) in [5, 5.41) is 23.1. The van der Waals surface area contributed by atoms with Crippen molar-refractivity contribution in [2.75, 3.05) is 6.54 Å². The lowest BCUT2D eigenvalue weighted by molar-refractivity contribution is -0.182. The highest BCUT2D eigenvalue weighted by Gasteiger charge is 2.31. The molecule has 1 aliphatic heterocycles. The summed E-state index contributed by atoms with van der Waals surface area (Å²) in [7, 11) is 0. The van der Waals surface area contributed by atoms with E-state index in [1.807, 2.05) is 30.3 Å². The van der Waals surface area contributed by atoms with Crippen molar-refractivity contribution in [1.82, 2.24) is 5.06 Å². The standard InChI is InChI=1S/C18H21NO4/c20-17(16-7-3-4-10-19(16)23-18(21)22)12-13-8-9-14-5-1-2-6-15(14)11-13/h1-2,5-6,8-9,11,16-17,20H,3-4,7,10,12H2,(H,21,22). The minimum Gasteiger partial charge on any atom is -0.448 e. The van der Waals surface area contributed by atoms with Gasteiger partial charge in [0.1, 0.15) is 0 Å². The van der Waals surface area contributed by atoms with Gasteiger partial charge in [-0.05, 0) is 29.2 Å². The molecule has 1 heterocycles. The summed E-state index contributed by atoms with van der Waals surface area (Å²) in [4.78, 5) is 15.6. The molecule has 23 heavy (non-hydrogen) atoms. The van der Waals surface area contributed by atoms with Gasteiger partial charge in [0.15, 0.2) is 0 Å². The lowest BCUT2D eigenvalue weighted by atomic mass is 9.94. The van der Waals surface area contributed by atoms with Gasteiger partial charge in [0, 0.05) is 13.0 Å². The predicted octanol–water partition coefficient (Wildman–Crippen LogP) is 3.21. The lowest BCUT2D eigenvalue weighted by Crippen LogP contribution is -2.48. The van der Waals surface area contributed by atoms with Crippen LogP contribution in [-0.2, 0) is 11.3 Å². The molecule has 5 heteroatoms. The Labute approximate surface area is 135 Å². The number of hydrogen-bond donors (Lipinski definition) is 2. The van der Waals surface area contributed by atoms with Gasteiger partial charge < -0.3 is 15.1 Å². The van der Waals surface area contributed by atoms with Gasteiger partial charge in [-0.1, -0.05) is 48.9 Å². The average molecular weight is 315 g/mol. The molecule has 2 N–H and O–H groups in total. The van der Waals surface area contributed by atoms with Crippen LogP contribution in [0.3, 0.4) is 0 Å². The third-order valence-electron chi connectivity index (χ3n) is 4.40. The topological polar surface area (TPSA) is 70.0 Å². The number of rotatable bonds is 4. The van der Waals surface area contributed by atoms with Gasteiger partial charge in [-0.25, -0.2) is 4.79 Å². The molecule has 1 fully saturated rings. The average Bonchev–Trinajstić information content (AvgIpc) is 2.54. The zero-order valence-electron chi connectivity index (χ0n) is 12.9. The van der Waals surface area contributed by atoms with E-state index < -0.39 is 12.3 Å². The number of benzene rings is 2. The minimum atomic E-state index is -1.32. The van der Waals surface area contributed by atoms with Crippen LogP contribution in [0, 0.1) is 0 Å². The maximum Gasteiger partial charge on any atom is 0.525 e. The van der Waals surface area contributed by atoms with Gasteiger partial charge >= 0.3 is 6.16 Å². The summed E-state index contributed by atoms with van der Waals surface area (Å²) >= 11 is 0. The second-order valence-electron chi connectivity index (χ2n) is 6.01. The number of piperidine rings is 1. The van der Waals surface area contributed by atoms with E-state index in [-0.39, 0.29) is 6.04 Å². The molecule has 3 rings (SSSR count). The summed E-state index contributed by atoms with van der Waals surface area (Å²) in [5.74, 6) is 0. The molecular weight excluding hydrogens is 294 g/mol. The number of hydroxylamine groups is 2. The largest absolute Gasteiger partial charge is 0.525 e. The van der Waals surface area contributed by atoms with Crippen LogP contribution < -0.4 is 0 Å². The van der Waals surface area contributed by atoms with Crippen molar-refractivity contribution in [1.29, 1.82) is 0 Å². The number of fused-ring (bicyclic) bond motifs is 1. The number of carbonyl (C=O) groups is 1. The van der Waals surface area contributed by atoms with E-state index in [1.165, 1.54) is 10.4 Å². The fourth-order valence-corrected chi connectivity index (χ4v) is 3.27. The zero-order chi connectivity index (χ0) is 16.2. The summed E-state index contributed by atoms with van der Waals surface area (Å²) in [6.45, 7) is 0.533. The molecule has 0 radical (unpaired) electrons. The van der Waals surface area contributed by atoms with E-state index in [0.29, 0.717) is 13.0 Å². The molecule has 0 aromatic heterocycles. The van der Waals surface area contributed by atoms with Crippen LogP contribution >= 0.6 is 0 Å². The molecule has 1 aliphatic rings.